The number of Topliss-reactive ketones (excluding diaryl/α,β-unsaturated/α-hetero) is 1. The molecule has 0 saturated heterocycles. The Morgan fingerprint density at radius 2 is 1.57 bits per heavy atom. The molecule has 0 unspecified atom stereocenters. The van der Waals surface area contributed by atoms with Crippen LogP contribution in [0.4, 0.5) is 13.2 Å². The van der Waals surface area contributed by atoms with E-state index in [9.17, 15) is 22.8 Å². The molecule has 1 heterocycles. The molecule has 0 aliphatic rings. The molecule has 0 atom stereocenters. The molecule has 9 heteroatoms. The molecule has 37 heavy (non-hydrogen) atoms. The average Bonchev–Trinajstić information content (AvgIpc) is 3.27. The molecule has 0 bridgehead atoms. The van der Waals surface area contributed by atoms with E-state index in [-0.39, 0.29) is 12.2 Å². The predicted octanol–water partition coefficient (Wildman–Crippen LogP) is 8.40. The minimum Gasteiger partial charge on any atom is -0.476 e. The first-order valence-electron chi connectivity index (χ1n) is 11.6. The van der Waals surface area contributed by atoms with Gasteiger partial charge in [-0.15, -0.1) is 11.3 Å². The Kier molecular flexibility index (Phi) is 8.44. The quantitative estimate of drug-likeness (QED) is 0.208. The number of ketones is 1. The van der Waals surface area contributed by atoms with Crippen molar-refractivity contribution >= 4 is 34.7 Å². The number of rotatable bonds is 8. The zero-order chi connectivity index (χ0) is 27.6. The maximum Gasteiger partial charge on any atom is 0.416 e. The van der Waals surface area contributed by atoms with Crippen molar-refractivity contribution in [1.82, 2.24) is 0 Å². The van der Waals surface area contributed by atoms with E-state index in [2.05, 4.69) is 0 Å². The molecule has 0 amide bonds. The zero-order valence-corrected chi connectivity index (χ0v) is 22.7. The fourth-order valence-electron chi connectivity index (χ4n) is 3.37. The first kappa shape index (κ1) is 28.7. The van der Waals surface area contributed by atoms with Gasteiger partial charge in [0.05, 0.1) is 10.4 Å². The van der Waals surface area contributed by atoms with Crippen LogP contribution in [0, 0.1) is 0 Å². The number of esters is 1. The van der Waals surface area contributed by atoms with Crippen LogP contribution in [0.2, 0.25) is 5.02 Å². The van der Waals surface area contributed by atoms with Gasteiger partial charge < -0.3 is 9.47 Å². The summed E-state index contributed by atoms with van der Waals surface area (Å²) in [5.41, 5.74) is -1.22. The van der Waals surface area contributed by atoms with Gasteiger partial charge in [-0.2, -0.15) is 13.2 Å². The van der Waals surface area contributed by atoms with Gasteiger partial charge in [0.25, 0.3) is 0 Å². The molecule has 198 valence electrons. The highest BCUT2D eigenvalue weighted by molar-refractivity contribution is 7.17. The van der Waals surface area contributed by atoms with Crippen LogP contribution in [0.25, 0.3) is 10.4 Å². The Labute approximate surface area is 223 Å². The SMILES string of the molecule is CC(C)(C)OC(=O)C(C)(C)Oc1ccc(CCC(=O)c2ccc(-c3ccc(C(F)(F)F)cc3)s2)c(Cl)c1. The van der Waals surface area contributed by atoms with Crippen molar-refractivity contribution in [3.8, 4) is 16.2 Å². The molecule has 3 rings (SSSR count). The van der Waals surface area contributed by atoms with E-state index in [0.717, 1.165) is 17.7 Å². The van der Waals surface area contributed by atoms with Gasteiger partial charge in [-0.05, 0) is 88.6 Å². The highest BCUT2D eigenvalue weighted by Gasteiger charge is 2.35. The number of alkyl halides is 3. The van der Waals surface area contributed by atoms with Crippen molar-refractivity contribution in [2.75, 3.05) is 0 Å². The molecular formula is C28H28ClF3O4S. The average molecular weight is 553 g/mol. The summed E-state index contributed by atoms with van der Waals surface area (Å²) >= 11 is 7.65. The van der Waals surface area contributed by atoms with Crippen LogP contribution in [-0.2, 0) is 22.1 Å². The van der Waals surface area contributed by atoms with Crippen molar-refractivity contribution < 1.29 is 32.2 Å². The van der Waals surface area contributed by atoms with Crippen LogP contribution in [0.1, 0.15) is 61.8 Å². The number of hydrogen-bond acceptors (Lipinski definition) is 5. The Morgan fingerprint density at radius 1 is 0.919 bits per heavy atom. The minimum atomic E-state index is -4.39. The van der Waals surface area contributed by atoms with Crippen LogP contribution in [0.5, 0.6) is 5.75 Å². The van der Waals surface area contributed by atoms with Crippen LogP contribution < -0.4 is 4.74 Å². The summed E-state index contributed by atoms with van der Waals surface area (Å²) < 4.78 is 49.6. The molecule has 0 saturated carbocycles. The summed E-state index contributed by atoms with van der Waals surface area (Å²) in [5, 5.41) is 0.405. The summed E-state index contributed by atoms with van der Waals surface area (Å²) in [7, 11) is 0. The number of carbonyl (C=O) groups is 2. The summed E-state index contributed by atoms with van der Waals surface area (Å²) in [4.78, 5) is 26.4. The first-order chi connectivity index (χ1) is 17.0. The van der Waals surface area contributed by atoms with Gasteiger partial charge in [-0.3, -0.25) is 4.79 Å². The Hall–Kier alpha value is -2.84. The molecule has 0 spiro atoms. The van der Waals surface area contributed by atoms with Gasteiger partial charge in [0, 0.05) is 16.3 Å². The molecule has 0 radical (unpaired) electrons. The van der Waals surface area contributed by atoms with Crippen molar-refractivity contribution in [3.05, 3.63) is 75.6 Å². The third-order valence-corrected chi connectivity index (χ3v) is 6.81. The zero-order valence-electron chi connectivity index (χ0n) is 21.2. The second kappa shape index (κ2) is 10.9. The molecule has 2 aromatic carbocycles. The third kappa shape index (κ3) is 7.82. The maximum absolute atomic E-state index is 12.8. The van der Waals surface area contributed by atoms with Crippen LogP contribution >= 0.6 is 22.9 Å². The smallest absolute Gasteiger partial charge is 0.416 e. The monoisotopic (exact) mass is 552 g/mol. The Morgan fingerprint density at radius 3 is 2.14 bits per heavy atom. The summed E-state index contributed by atoms with van der Waals surface area (Å²) in [6, 6.07) is 13.3. The molecular weight excluding hydrogens is 525 g/mol. The standard InChI is InChI=1S/C28H28ClF3O4S/c1-26(2,3)36-25(34)27(4,5)35-20-12-8-17(21(29)16-20)9-13-22(33)24-15-14-23(37-24)18-6-10-19(11-7-18)28(30,31)32/h6-8,10-12,14-16H,9,13H2,1-5H3. The molecule has 4 nitrogen and oxygen atoms in total. The second-order valence-electron chi connectivity index (χ2n) is 10.0. The van der Waals surface area contributed by atoms with Gasteiger partial charge in [-0.1, -0.05) is 29.8 Å². The molecule has 3 aromatic rings. The van der Waals surface area contributed by atoms with E-state index in [1.54, 1.807) is 65.0 Å². The van der Waals surface area contributed by atoms with Gasteiger partial charge in [0.15, 0.2) is 11.4 Å². The highest BCUT2D eigenvalue weighted by atomic mass is 35.5. The van der Waals surface area contributed by atoms with Gasteiger partial charge in [-0.25, -0.2) is 4.79 Å². The van der Waals surface area contributed by atoms with E-state index in [4.69, 9.17) is 21.1 Å². The number of thiophene rings is 1. The molecule has 0 aliphatic carbocycles. The molecule has 1 aromatic heterocycles. The summed E-state index contributed by atoms with van der Waals surface area (Å²) in [6.45, 7) is 8.56. The van der Waals surface area contributed by atoms with E-state index >= 15 is 0 Å². The number of ether oxygens (including phenoxy) is 2. The third-order valence-electron chi connectivity index (χ3n) is 5.29. The van der Waals surface area contributed by atoms with Crippen molar-refractivity contribution in [2.45, 2.75) is 64.8 Å². The van der Waals surface area contributed by atoms with Crippen molar-refractivity contribution in [1.29, 1.82) is 0 Å². The molecule has 0 aliphatic heterocycles. The lowest BCUT2D eigenvalue weighted by molar-refractivity contribution is -0.170. The number of aryl methyl sites for hydroxylation is 1. The van der Waals surface area contributed by atoms with Crippen LogP contribution in [-0.4, -0.2) is 23.0 Å². The lowest BCUT2D eigenvalue weighted by Gasteiger charge is -2.29. The number of benzene rings is 2. The molecule has 0 fully saturated rings. The number of hydrogen-bond donors (Lipinski definition) is 0. The first-order valence-corrected chi connectivity index (χ1v) is 12.8. The van der Waals surface area contributed by atoms with Crippen LogP contribution in [0.3, 0.4) is 0 Å². The van der Waals surface area contributed by atoms with Gasteiger partial charge in [0.2, 0.25) is 0 Å². The number of carbonyl (C=O) groups excluding carboxylic acids is 2. The summed E-state index contributed by atoms with van der Waals surface area (Å²) in [5.74, 6) is -0.196. The summed E-state index contributed by atoms with van der Waals surface area (Å²) in [6.07, 6.45) is -3.80. The fraction of sp³-hybridized carbons (Fsp3) is 0.357. The fourth-order valence-corrected chi connectivity index (χ4v) is 4.61. The van der Waals surface area contributed by atoms with Gasteiger partial charge >= 0.3 is 12.1 Å². The Balaban J connectivity index is 1.61. The van der Waals surface area contributed by atoms with Crippen LogP contribution in [0.15, 0.2) is 54.6 Å². The lowest BCUT2D eigenvalue weighted by atomic mass is 10.1. The van der Waals surface area contributed by atoms with E-state index in [0.29, 0.717) is 32.5 Å². The normalized spacial score (nSPS) is 12.4. The number of halogens is 4. The predicted molar refractivity (Wildman–Crippen MR) is 139 cm³/mol. The van der Waals surface area contributed by atoms with Crippen molar-refractivity contribution in [2.24, 2.45) is 0 Å². The van der Waals surface area contributed by atoms with E-state index < -0.39 is 28.9 Å². The Bertz CT molecular complexity index is 1270. The van der Waals surface area contributed by atoms with Gasteiger partial charge in [0.1, 0.15) is 11.4 Å². The topological polar surface area (TPSA) is 52.6 Å². The molecule has 0 N–H and O–H groups in total. The second-order valence-corrected chi connectivity index (χ2v) is 11.5. The lowest BCUT2D eigenvalue weighted by Crippen LogP contribution is -2.43. The maximum atomic E-state index is 12.8. The van der Waals surface area contributed by atoms with E-state index in [1.165, 1.54) is 23.5 Å². The minimum absolute atomic E-state index is 0.0920. The van der Waals surface area contributed by atoms with Crippen molar-refractivity contribution in [3.63, 3.8) is 0 Å². The highest BCUT2D eigenvalue weighted by Crippen LogP contribution is 2.34. The van der Waals surface area contributed by atoms with E-state index in [1.807, 2.05) is 0 Å². The largest absolute Gasteiger partial charge is 0.476 e.